The second-order valence-corrected chi connectivity index (χ2v) is 6.80. The van der Waals surface area contributed by atoms with E-state index in [0.29, 0.717) is 16.5 Å². The van der Waals surface area contributed by atoms with E-state index in [1.165, 1.54) is 32.1 Å². The summed E-state index contributed by atoms with van der Waals surface area (Å²) in [6, 6.07) is 6.74. The molecule has 2 N–H and O–H groups in total. The Hall–Kier alpha value is -1.84. The maximum absolute atomic E-state index is 12.6. The van der Waals surface area contributed by atoms with Gasteiger partial charge in [0.05, 0.1) is 0 Å². The van der Waals surface area contributed by atoms with E-state index in [1.54, 1.807) is 24.3 Å². The molecule has 1 aromatic rings. The monoisotopic (exact) mass is 300 g/mol. The van der Waals surface area contributed by atoms with Gasteiger partial charge in [-0.25, -0.2) is 0 Å². The van der Waals surface area contributed by atoms with Gasteiger partial charge in [-0.05, 0) is 49.3 Å². The van der Waals surface area contributed by atoms with E-state index in [2.05, 4.69) is 0 Å². The van der Waals surface area contributed by atoms with Crippen LogP contribution in [0.5, 0.6) is 0 Å². The summed E-state index contributed by atoms with van der Waals surface area (Å²) in [7, 11) is 0. The van der Waals surface area contributed by atoms with Crippen molar-refractivity contribution < 1.29 is 9.59 Å². The highest BCUT2D eigenvalue weighted by atomic mass is 16.2. The number of benzene rings is 1. The average molecular weight is 300 g/mol. The molecule has 2 amide bonds. The minimum absolute atomic E-state index is 0.0220. The Morgan fingerprint density at radius 1 is 0.955 bits per heavy atom. The molecular weight excluding hydrogens is 276 g/mol. The van der Waals surface area contributed by atoms with Gasteiger partial charge in [-0.15, -0.1) is 0 Å². The molecular formula is C18H24N2O2. The second-order valence-electron chi connectivity index (χ2n) is 6.80. The molecule has 1 aliphatic carbocycles. The number of likely N-dealkylation sites (tertiary alicyclic amines) is 1. The van der Waals surface area contributed by atoms with Crippen LogP contribution in [0, 0.1) is 5.41 Å². The van der Waals surface area contributed by atoms with Crippen molar-refractivity contribution in [2.24, 2.45) is 11.1 Å². The first kappa shape index (κ1) is 15.1. The molecule has 4 heteroatoms. The van der Waals surface area contributed by atoms with Crippen molar-refractivity contribution in [3.8, 4) is 0 Å². The zero-order chi connectivity index (χ0) is 15.6. The maximum atomic E-state index is 12.6. The molecule has 0 aromatic heterocycles. The number of hydrogen-bond donors (Lipinski definition) is 1. The van der Waals surface area contributed by atoms with Crippen LogP contribution in [-0.2, 0) is 0 Å². The van der Waals surface area contributed by atoms with E-state index in [1.807, 2.05) is 4.90 Å². The molecule has 0 radical (unpaired) electrons. The first-order valence-corrected chi connectivity index (χ1v) is 8.29. The van der Waals surface area contributed by atoms with Crippen molar-refractivity contribution in [3.05, 3.63) is 35.4 Å². The molecule has 0 bridgehead atoms. The zero-order valence-electron chi connectivity index (χ0n) is 13.0. The Morgan fingerprint density at radius 3 is 2.23 bits per heavy atom. The third-order valence-electron chi connectivity index (χ3n) is 5.42. The van der Waals surface area contributed by atoms with Gasteiger partial charge in [0.2, 0.25) is 5.91 Å². The Morgan fingerprint density at radius 2 is 1.59 bits per heavy atom. The summed E-state index contributed by atoms with van der Waals surface area (Å²) < 4.78 is 0. The van der Waals surface area contributed by atoms with Crippen LogP contribution in [0.15, 0.2) is 24.3 Å². The molecule has 1 saturated heterocycles. The summed E-state index contributed by atoms with van der Waals surface area (Å²) in [6.45, 7) is 1.67. The number of amides is 2. The van der Waals surface area contributed by atoms with Gasteiger partial charge in [-0.1, -0.05) is 25.3 Å². The lowest BCUT2D eigenvalue weighted by Crippen LogP contribution is -2.43. The van der Waals surface area contributed by atoms with Crippen LogP contribution in [0.3, 0.4) is 0 Å². The number of carbonyl (C=O) groups excluding carboxylic acids is 2. The molecule has 0 unspecified atom stereocenters. The summed E-state index contributed by atoms with van der Waals surface area (Å²) in [6.07, 6.45) is 8.94. The molecule has 3 rings (SSSR count). The predicted molar refractivity (Wildman–Crippen MR) is 85.6 cm³/mol. The Kier molecular flexibility index (Phi) is 4.19. The molecule has 1 aliphatic heterocycles. The topological polar surface area (TPSA) is 63.4 Å². The molecule has 1 aromatic carbocycles. The molecule has 2 fully saturated rings. The Balaban J connectivity index is 1.67. The van der Waals surface area contributed by atoms with Gasteiger partial charge in [-0.3, -0.25) is 9.59 Å². The van der Waals surface area contributed by atoms with Gasteiger partial charge in [-0.2, -0.15) is 0 Å². The number of carbonyl (C=O) groups is 2. The number of rotatable bonds is 2. The normalized spacial score (nSPS) is 20.8. The lowest BCUT2D eigenvalue weighted by Gasteiger charge is -2.44. The molecule has 4 nitrogen and oxygen atoms in total. The van der Waals surface area contributed by atoms with E-state index >= 15 is 0 Å². The van der Waals surface area contributed by atoms with Crippen molar-refractivity contribution in [2.45, 2.75) is 44.9 Å². The van der Waals surface area contributed by atoms with Crippen LogP contribution in [0.1, 0.15) is 65.7 Å². The largest absolute Gasteiger partial charge is 0.366 e. The van der Waals surface area contributed by atoms with Crippen LogP contribution in [0.4, 0.5) is 0 Å². The van der Waals surface area contributed by atoms with Gasteiger partial charge in [0.15, 0.2) is 0 Å². The third kappa shape index (κ3) is 3.01. The fourth-order valence-electron chi connectivity index (χ4n) is 3.97. The average Bonchev–Trinajstić information content (AvgIpc) is 2.56. The van der Waals surface area contributed by atoms with Crippen LogP contribution >= 0.6 is 0 Å². The quantitative estimate of drug-likeness (QED) is 0.912. The SMILES string of the molecule is NC(=O)c1cccc(C(=O)N2CCC3(CCCCC3)CC2)c1. The molecule has 0 atom stereocenters. The Labute approximate surface area is 131 Å². The van der Waals surface area contributed by atoms with Crippen molar-refractivity contribution in [1.29, 1.82) is 0 Å². The highest BCUT2D eigenvalue weighted by Crippen LogP contribution is 2.44. The minimum atomic E-state index is -0.491. The fourth-order valence-corrected chi connectivity index (χ4v) is 3.97. The molecule has 1 saturated carbocycles. The van der Waals surface area contributed by atoms with Crippen molar-refractivity contribution in [3.63, 3.8) is 0 Å². The molecule has 1 spiro atoms. The van der Waals surface area contributed by atoms with Crippen LogP contribution in [0.2, 0.25) is 0 Å². The second kappa shape index (κ2) is 6.11. The fraction of sp³-hybridized carbons (Fsp3) is 0.556. The van der Waals surface area contributed by atoms with Crippen LogP contribution < -0.4 is 5.73 Å². The van der Waals surface area contributed by atoms with Crippen LogP contribution in [-0.4, -0.2) is 29.8 Å². The Bertz CT molecular complexity index is 566. The van der Waals surface area contributed by atoms with Crippen molar-refractivity contribution in [1.82, 2.24) is 4.90 Å². The van der Waals surface area contributed by atoms with Gasteiger partial charge in [0.25, 0.3) is 5.91 Å². The molecule has 118 valence electrons. The summed E-state index contributed by atoms with van der Waals surface area (Å²) in [5.41, 5.74) is 6.74. The summed E-state index contributed by atoms with van der Waals surface area (Å²) in [4.78, 5) is 25.8. The van der Waals surface area contributed by atoms with Gasteiger partial charge < -0.3 is 10.6 Å². The van der Waals surface area contributed by atoms with E-state index in [0.717, 1.165) is 25.9 Å². The van der Waals surface area contributed by atoms with E-state index < -0.39 is 5.91 Å². The highest BCUT2D eigenvalue weighted by molar-refractivity contribution is 5.99. The number of primary amides is 1. The maximum Gasteiger partial charge on any atom is 0.253 e. The summed E-state index contributed by atoms with van der Waals surface area (Å²) in [5, 5.41) is 0. The standard InChI is InChI=1S/C18H24N2O2/c19-16(21)14-5-4-6-15(13-14)17(22)20-11-9-18(10-12-20)7-2-1-3-8-18/h4-6,13H,1-3,7-12H2,(H2,19,21). The summed E-state index contributed by atoms with van der Waals surface area (Å²) >= 11 is 0. The molecule has 2 aliphatic rings. The highest BCUT2D eigenvalue weighted by Gasteiger charge is 2.36. The number of hydrogen-bond acceptors (Lipinski definition) is 2. The molecule has 1 heterocycles. The van der Waals surface area contributed by atoms with Crippen LogP contribution in [0.25, 0.3) is 0 Å². The zero-order valence-corrected chi connectivity index (χ0v) is 13.0. The van der Waals surface area contributed by atoms with Gasteiger partial charge >= 0.3 is 0 Å². The van der Waals surface area contributed by atoms with E-state index in [9.17, 15) is 9.59 Å². The van der Waals surface area contributed by atoms with Gasteiger partial charge in [0, 0.05) is 24.2 Å². The first-order valence-electron chi connectivity index (χ1n) is 8.29. The van der Waals surface area contributed by atoms with Gasteiger partial charge in [0.1, 0.15) is 0 Å². The number of nitrogens with two attached hydrogens (primary N) is 1. The minimum Gasteiger partial charge on any atom is -0.366 e. The smallest absolute Gasteiger partial charge is 0.253 e. The first-order chi connectivity index (χ1) is 10.6. The van der Waals surface area contributed by atoms with E-state index in [4.69, 9.17) is 5.73 Å². The third-order valence-corrected chi connectivity index (χ3v) is 5.42. The van der Waals surface area contributed by atoms with Crippen molar-refractivity contribution in [2.75, 3.05) is 13.1 Å². The predicted octanol–water partition coefficient (Wildman–Crippen LogP) is 2.97. The number of nitrogens with zero attached hydrogens (tertiary/aromatic N) is 1. The lowest BCUT2D eigenvalue weighted by molar-refractivity contribution is 0.0472. The molecule has 22 heavy (non-hydrogen) atoms. The van der Waals surface area contributed by atoms with Crippen molar-refractivity contribution >= 4 is 11.8 Å². The number of piperidine rings is 1. The van der Waals surface area contributed by atoms with E-state index in [-0.39, 0.29) is 5.91 Å². The lowest BCUT2D eigenvalue weighted by atomic mass is 9.68. The summed E-state index contributed by atoms with van der Waals surface area (Å²) in [5.74, 6) is -0.469.